The topological polar surface area (TPSA) is 55.6 Å². The summed E-state index contributed by atoms with van der Waals surface area (Å²) in [6.45, 7) is 7.85. The smallest absolute Gasteiger partial charge is 0.405 e. The van der Waals surface area contributed by atoms with Crippen molar-refractivity contribution < 1.29 is 13.9 Å². The van der Waals surface area contributed by atoms with Crippen LogP contribution in [0.25, 0.3) is 0 Å². The molecule has 1 aliphatic heterocycles. The van der Waals surface area contributed by atoms with Crippen molar-refractivity contribution in [2.24, 2.45) is 23.0 Å². The van der Waals surface area contributed by atoms with Crippen LogP contribution in [0.15, 0.2) is 24.3 Å². The Morgan fingerprint density at radius 1 is 1.29 bits per heavy atom. The molecule has 0 spiro atoms. The van der Waals surface area contributed by atoms with Crippen LogP contribution in [0.5, 0.6) is 0 Å². The maximum atomic E-state index is 13.0. The summed E-state index contributed by atoms with van der Waals surface area (Å²) < 4.78 is 18.5. The summed E-state index contributed by atoms with van der Waals surface area (Å²) in [5.74, 6) is 0.342. The second-order valence-corrected chi connectivity index (χ2v) is 7.06. The first-order valence-electron chi connectivity index (χ1n) is 7.24. The summed E-state index contributed by atoms with van der Waals surface area (Å²) in [6, 6.07) is 6.51. The van der Waals surface area contributed by atoms with Gasteiger partial charge in [-0.15, -0.1) is 0 Å². The monoisotopic (exact) mass is 292 g/mol. The minimum absolute atomic E-state index is 0.147. The first kappa shape index (κ1) is 14.2. The Labute approximate surface area is 124 Å². The molecule has 1 saturated carbocycles. The van der Waals surface area contributed by atoms with Crippen LogP contribution in [-0.4, -0.2) is 24.8 Å². The first-order chi connectivity index (χ1) is 9.75. The lowest BCUT2D eigenvalue weighted by Crippen LogP contribution is -2.44. The Bertz CT molecular complexity index is 553. The van der Waals surface area contributed by atoms with E-state index in [-0.39, 0.29) is 23.1 Å². The zero-order chi connectivity index (χ0) is 15.4. The minimum atomic E-state index is -0.701. The number of halogens is 1. The van der Waals surface area contributed by atoms with Gasteiger partial charge >= 0.3 is 6.09 Å². The average Bonchev–Trinajstić information content (AvgIpc) is 2.79. The molecule has 2 aliphatic rings. The molecule has 1 aromatic carbocycles. The molecular formula is C16H21FN2O2. The lowest BCUT2D eigenvalue weighted by molar-refractivity contribution is -0.00870. The quantitative estimate of drug-likeness (QED) is 0.912. The number of nitrogens with zero attached hydrogens (tertiary/aromatic N) is 1. The number of ether oxygens (including phenoxy) is 1. The molecule has 0 radical (unpaired) electrons. The van der Waals surface area contributed by atoms with Crippen LogP contribution >= 0.6 is 0 Å². The zero-order valence-corrected chi connectivity index (χ0v) is 12.6. The van der Waals surface area contributed by atoms with E-state index in [2.05, 4.69) is 25.7 Å². The van der Waals surface area contributed by atoms with Crippen LogP contribution in [0, 0.1) is 23.1 Å². The van der Waals surface area contributed by atoms with E-state index in [1.54, 1.807) is 12.1 Å². The Kier molecular flexibility index (Phi) is 2.94. The number of rotatable bonds is 2. The molecule has 1 aromatic rings. The van der Waals surface area contributed by atoms with Crippen LogP contribution in [0.1, 0.15) is 20.8 Å². The van der Waals surface area contributed by atoms with Crippen molar-refractivity contribution in [2.45, 2.75) is 26.4 Å². The van der Waals surface area contributed by atoms with E-state index in [0.29, 0.717) is 0 Å². The van der Waals surface area contributed by atoms with E-state index in [0.717, 1.165) is 18.8 Å². The largest absolute Gasteiger partial charge is 0.442 e. The Morgan fingerprint density at radius 2 is 1.81 bits per heavy atom. The highest BCUT2D eigenvalue weighted by molar-refractivity contribution is 5.66. The highest BCUT2D eigenvalue weighted by Gasteiger charge is 2.76. The number of nitrogens with two attached hydrogens (primary N) is 1. The predicted molar refractivity (Wildman–Crippen MR) is 78.4 cm³/mol. The number of hydrogen-bond acceptors (Lipinski definition) is 3. The fourth-order valence-corrected chi connectivity index (χ4v) is 4.03. The van der Waals surface area contributed by atoms with E-state index in [1.807, 2.05) is 0 Å². The molecule has 5 heteroatoms. The lowest BCUT2D eigenvalue weighted by Gasteiger charge is -2.36. The number of carbonyl (C=O) groups is 1. The molecule has 2 N–H and O–H groups in total. The van der Waals surface area contributed by atoms with Crippen molar-refractivity contribution in [2.75, 3.05) is 18.0 Å². The molecule has 21 heavy (non-hydrogen) atoms. The standard InChI is InChI=1S/C16H21FN2O2/c1-15(2,3)16(21-14(18)20)12-8-19(9-13(12)16)11-6-4-10(17)5-7-11/h4-7,12-13H,8-9H2,1-3H3,(H2,18,20)/t12-,13?,16?/m0/s1. The second-order valence-electron chi connectivity index (χ2n) is 7.06. The molecule has 1 heterocycles. The second kappa shape index (κ2) is 4.36. The van der Waals surface area contributed by atoms with E-state index in [1.165, 1.54) is 12.1 Å². The molecule has 0 aromatic heterocycles. The number of primary amides is 1. The number of benzene rings is 1. The third kappa shape index (κ3) is 2.06. The minimum Gasteiger partial charge on any atom is -0.442 e. The molecule has 1 amide bonds. The van der Waals surface area contributed by atoms with Crippen LogP contribution in [0.4, 0.5) is 14.9 Å². The predicted octanol–water partition coefficient (Wildman–Crippen LogP) is 2.77. The summed E-state index contributed by atoms with van der Waals surface area (Å²) in [7, 11) is 0. The van der Waals surface area contributed by atoms with E-state index >= 15 is 0 Å². The van der Waals surface area contributed by atoms with Gasteiger partial charge in [0.25, 0.3) is 0 Å². The van der Waals surface area contributed by atoms with Gasteiger partial charge in [-0.05, 0) is 24.3 Å². The molecule has 4 nitrogen and oxygen atoms in total. The maximum absolute atomic E-state index is 13.0. The average molecular weight is 292 g/mol. The fraction of sp³-hybridized carbons (Fsp3) is 0.562. The number of piperidine rings is 1. The maximum Gasteiger partial charge on any atom is 0.405 e. The third-order valence-corrected chi connectivity index (χ3v) is 4.95. The Morgan fingerprint density at radius 3 is 2.24 bits per heavy atom. The molecular weight excluding hydrogens is 271 g/mol. The molecule has 0 bridgehead atoms. The van der Waals surface area contributed by atoms with Crippen LogP contribution in [0.2, 0.25) is 0 Å². The van der Waals surface area contributed by atoms with Crippen LogP contribution in [-0.2, 0) is 4.74 Å². The lowest BCUT2D eigenvalue weighted by atomic mass is 9.83. The number of amides is 1. The molecule has 2 fully saturated rings. The van der Waals surface area contributed by atoms with E-state index in [9.17, 15) is 9.18 Å². The van der Waals surface area contributed by atoms with E-state index in [4.69, 9.17) is 10.5 Å². The van der Waals surface area contributed by atoms with Gasteiger partial charge in [-0.2, -0.15) is 0 Å². The highest BCUT2D eigenvalue weighted by Crippen LogP contribution is 2.66. The molecule has 114 valence electrons. The van der Waals surface area contributed by atoms with Gasteiger partial charge in [0.15, 0.2) is 0 Å². The summed E-state index contributed by atoms with van der Waals surface area (Å²) in [5.41, 5.74) is 5.66. The van der Waals surface area contributed by atoms with Gasteiger partial charge in [0.2, 0.25) is 0 Å². The molecule has 3 atom stereocenters. The fourth-order valence-electron chi connectivity index (χ4n) is 4.03. The zero-order valence-electron chi connectivity index (χ0n) is 12.6. The van der Waals surface area contributed by atoms with Crippen LogP contribution in [0.3, 0.4) is 0 Å². The third-order valence-electron chi connectivity index (χ3n) is 4.95. The SMILES string of the molecule is CC(C)(C)C1(OC(N)=O)C2CN(c3ccc(F)cc3)C[C@@H]21. The normalized spacial score (nSPS) is 31.0. The number of carbonyl (C=O) groups excluding carboxylic acids is 1. The molecule has 1 aliphatic carbocycles. The first-order valence-corrected chi connectivity index (χ1v) is 7.24. The van der Waals surface area contributed by atoms with Gasteiger partial charge < -0.3 is 15.4 Å². The molecule has 1 saturated heterocycles. The summed E-state index contributed by atoms with van der Waals surface area (Å²) in [6.07, 6.45) is -0.701. The van der Waals surface area contributed by atoms with E-state index < -0.39 is 11.7 Å². The highest BCUT2D eigenvalue weighted by atomic mass is 19.1. The van der Waals surface area contributed by atoms with Gasteiger partial charge in [0, 0.05) is 36.0 Å². The molecule has 2 unspecified atom stereocenters. The summed E-state index contributed by atoms with van der Waals surface area (Å²) in [5, 5.41) is 0. The van der Waals surface area contributed by atoms with Crippen molar-refractivity contribution in [3.63, 3.8) is 0 Å². The number of anilines is 1. The van der Waals surface area contributed by atoms with Crippen molar-refractivity contribution >= 4 is 11.8 Å². The Balaban J connectivity index is 1.77. The van der Waals surface area contributed by atoms with Crippen molar-refractivity contribution in [1.82, 2.24) is 0 Å². The van der Waals surface area contributed by atoms with Gasteiger partial charge in [0.05, 0.1) is 0 Å². The number of hydrogen-bond donors (Lipinski definition) is 1. The Hall–Kier alpha value is -1.78. The summed E-state index contributed by atoms with van der Waals surface area (Å²) >= 11 is 0. The van der Waals surface area contributed by atoms with Gasteiger partial charge in [-0.1, -0.05) is 20.8 Å². The van der Waals surface area contributed by atoms with Crippen molar-refractivity contribution in [3.8, 4) is 0 Å². The summed E-state index contributed by atoms with van der Waals surface area (Å²) in [4.78, 5) is 13.5. The van der Waals surface area contributed by atoms with Crippen molar-refractivity contribution in [3.05, 3.63) is 30.1 Å². The van der Waals surface area contributed by atoms with Crippen LogP contribution < -0.4 is 10.6 Å². The van der Waals surface area contributed by atoms with Gasteiger partial charge in [-0.25, -0.2) is 9.18 Å². The van der Waals surface area contributed by atoms with Gasteiger partial charge in [0.1, 0.15) is 11.4 Å². The molecule has 3 rings (SSSR count). The van der Waals surface area contributed by atoms with Gasteiger partial charge in [-0.3, -0.25) is 0 Å². The number of fused-ring (bicyclic) bond motifs is 1. The van der Waals surface area contributed by atoms with Crippen molar-refractivity contribution in [1.29, 1.82) is 0 Å².